The standard InChI is InChI=1S/C14H7F5O2/c15-11-4-2-9(6-13(11)17)21-14(18,19)10-3-1-8(7-20)5-12(10)16/h1-7H. The molecule has 0 spiro atoms. The fraction of sp³-hybridized carbons (Fsp3) is 0.0714. The Hall–Kier alpha value is -2.44. The molecule has 2 rings (SSSR count). The largest absolute Gasteiger partial charge is 0.429 e. The van der Waals surface area contributed by atoms with Crippen LogP contribution in [0, 0.1) is 17.5 Å². The average Bonchev–Trinajstić information content (AvgIpc) is 2.42. The Labute approximate surface area is 115 Å². The third kappa shape index (κ3) is 3.18. The molecule has 0 N–H and O–H groups in total. The lowest BCUT2D eigenvalue weighted by molar-refractivity contribution is -0.187. The van der Waals surface area contributed by atoms with Crippen molar-refractivity contribution in [1.82, 2.24) is 0 Å². The van der Waals surface area contributed by atoms with E-state index >= 15 is 0 Å². The van der Waals surface area contributed by atoms with Crippen molar-refractivity contribution in [3.8, 4) is 5.75 Å². The van der Waals surface area contributed by atoms with Gasteiger partial charge in [0.25, 0.3) is 0 Å². The van der Waals surface area contributed by atoms with Crippen LogP contribution >= 0.6 is 0 Å². The van der Waals surface area contributed by atoms with E-state index in [0.29, 0.717) is 30.6 Å². The summed E-state index contributed by atoms with van der Waals surface area (Å²) in [6.07, 6.45) is -3.82. The number of alkyl halides is 2. The second-order valence-corrected chi connectivity index (χ2v) is 4.05. The molecule has 0 atom stereocenters. The number of hydrogen-bond acceptors (Lipinski definition) is 2. The molecule has 0 saturated carbocycles. The van der Waals surface area contributed by atoms with Crippen LogP contribution in [0.2, 0.25) is 0 Å². The molecule has 0 aromatic heterocycles. The normalized spacial score (nSPS) is 11.3. The lowest BCUT2D eigenvalue weighted by Crippen LogP contribution is -2.23. The van der Waals surface area contributed by atoms with Gasteiger partial charge in [-0.05, 0) is 24.3 Å². The highest BCUT2D eigenvalue weighted by atomic mass is 19.3. The lowest BCUT2D eigenvalue weighted by Gasteiger charge is -2.19. The molecule has 0 aliphatic rings. The van der Waals surface area contributed by atoms with Gasteiger partial charge in [-0.3, -0.25) is 4.79 Å². The van der Waals surface area contributed by atoms with E-state index in [1.165, 1.54) is 0 Å². The van der Waals surface area contributed by atoms with Crippen molar-refractivity contribution in [2.45, 2.75) is 6.11 Å². The van der Waals surface area contributed by atoms with Crippen molar-refractivity contribution in [2.24, 2.45) is 0 Å². The molecule has 0 saturated heterocycles. The molecule has 110 valence electrons. The van der Waals surface area contributed by atoms with Crippen LogP contribution in [0.3, 0.4) is 0 Å². The van der Waals surface area contributed by atoms with E-state index in [0.717, 1.165) is 12.1 Å². The molecule has 0 unspecified atom stereocenters. The number of carbonyl (C=O) groups is 1. The predicted octanol–water partition coefficient (Wildman–Crippen LogP) is 4.04. The van der Waals surface area contributed by atoms with Gasteiger partial charge in [0.15, 0.2) is 11.6 Å². The number of carbonyl (C=O) groups excluding carboxylic acids is 1. The number of aldehydes is 1. The number of benzene rings is 2. The summed E-state index contributed by atoms with van der Waals surface area (Å²) in [5.41, 5.74) is -1.25. The monoisotopic (exact) mass is 302 g/mol. The average molecular weight is 302 g/mol. The second-order valence-electron chi connectivity index (χ2n) is 4.05. The van der Waals surface area contributed by atoms with Gasteiger partial charge < -0.3 is 4.74 Å². The van der Waals surface area contributed by atoms with Crippen molar-refractivity contribution in [3.63, 3.8) is 0 Å². The van der Waals surface area contributed by atoms with Gasteiger partial charge in [0.1, 0.15) is 17.9 Å². The molecule has 2 aromatic rings. The summed E-state index contributed by atoms with van der Waals surface area (Å²) in [5.74, 6) is -4.63. The van der Waals surface area contributed by atoms with Gasteiger partial charge in [0, 0.05) is 11.6 Å². The molecule has 0 heterocycles. The molecular formula is C14H7F5O2. The van der Waals surface area contributed by atoms with Gasteiger partial charge in [-0.25, -0.2) is 13.2 Å². The van der Waals surface area contributed by atoms with Crippen molar-refractivity contribution in [2.75, 3.05) is 0 Å². The number of rotatable bonds is 4. The fourth-order valence-electron chi connectivity index (χ4n) is 1.58. The Kier molecular flexibility index (Phi) is 3.93. The van der Waals surface area contributed by atoms with Crippen molar-refractivity contribution in [3.05, 3.63) is 65.0 Å². The Balaban J connectivity index is 2.32. The highest BCUT2D eigenvalue weighted by Gasteiger charge is 2.37. The Morgan fingerprint density at radius 3 is 2.19 bits per heavy atom. The molecule has 0 aliphatic heterocycles. The van der Waals surface area contributed by atoms with E-state index in [4.69, 9.17) is 0 Å². The summed E-state index contributed by atoms with van der Waals surface area (Å²) < 4.78 is 71.0. The van der Waals surface area contributed by atoms with Crippen LogP contribution in [0.5, 0.6) is 5.75 Å². The summed E-state index contributed by atoms with van der Waals surface area (Å²) in [6, 6.07) is 4.08. The highest BCUT2D eigenvalue weighted by Crippen LogP contribution is 2.33. The van der Waals surface area contributed by atoms with Gasteiger partial charge in [-0.1, -0.05) is 6.07 Å². The minimum Gasteiger partial charge on any atom is -0.429 e. The Bertz CT molecular complexity index is 685. The van der Waals surface area contributed by atoms with Crippen LogP contribution in [-0.2, 0) is 6.11 Å². The van der Waals surface area contributed by atoms with E-state index in [9.17, 15) is 26.7 Å². The first-order chi connectivity index (χ1) is 9.83. The zero-order valence-electron chi connectivity index (χ0n) is 10.2. The molecule has 0 aliphatic carbocycles. The number of halogens is 5. The van der Waals surface area contributed by atoms with Gasteiger partial charge in [0.2, 0.25) is 0 Å². The van der Waals surface area contributed by atoms with E-state index in [2.05, 4.69) is 4.74 Å². The molecule has 2 nitrogen and oxygen atoms in total. The summed E-state index contributed by atoms with van der Waals surface area (Å²) >= 11 is 0. The molecule has 0 fully saturated rings. The topological polar surface area (TPSA) is 26.3 Å². The first-order valence-corrected chi connectivity index (χ1v) is 5.60. The molecule has 0 radical (unpaired) electrons. The summed E-state index contributed by atoms with van der Waals surface area (Å²) in [4.78, 5) is 10.4. The van der Waals surface area contributed by atoms with E-state index in [-0.39, 0.29) is 5.56 Å². The zero-order chi connectivity index (χ0) is 15.6. The minimum absolute atomic E-state index is 0.125. The SMILES string of the molecule is O=Cc1ccc(C(F)(F)Oc2ccc(F)c(F)c2)c(F)c1. The third-order valence-electron chi connectivity index (χ3n) is 2.58. The second kappa shape index (κ2) is 5.51. The fourth-order valence-corrected chi connectivity index (χ4v) is 1.58. The maximum absolute atomic E-state index is 13.8. The van der Waals surface area contributed by atoms with Crippen LogP contribution in [0.4, 0.5) is 22.0 Å². The minimum atomic E-state index is -4.12. The molecule has 0 amide bonds. The molecule has 7 heteroatoms. The quantitative estimate of drug-likeness (QED) is 0.629. The van der Waals surface area contributed by atoms with Gasteiger partial charge in [-0.2, -0.15) is 8.78 Å². The maximum Gasteiger partial charge on any atom is 0.429 e. The van der Waals surface area contributed by atoms with Gasteiger partial charge in [0.05, 0.1) is 5.56 Å². The number of hydrogen-bond donors (Lipinski definition) is 0. The van der Waals surface area contributed by atoms with Crippen LogP contribution < -0.4 is 4.74 Å². The summed E-state index contributed by atoms with van der Waals surface area (Å²) in [6.45, 7) is 0. The van der Waals surface area contributed by atoms with Gasteiger partial charge >= 0.3 is 6.11 Å². The van der Waals surface area contributed by atoms with Crippen LogP contribution in [0.1, 0.15) is 15.9 Å². The van der Waals surface area contributed by atoms with Gasteiger partial charge in [-0.15, -0.1) is 0 Å². The Morgan fingerprint density at radius 1 is 0.905 bits per heavy atom. The molecule has 2 aromatic carbocycles. The van der Waals surface area contributed by atoms with Crippen molar-refractivity contribution >= 4 is 6.29 Å². The zero-order valence-corrected chi connectivity index (χ0v) is 10.2. The summed E-state index contributed by atoms with van der Waals surface area (Å²) in [5, 5.41) is 0. The van der Waals surface area contributed by atoms with Crippen molar-refractivity contribution < 1.29 is 31.5 Å². The van der Waals surface area contributed by atoms with E-state index in [1.54, 1.807) is 0 Å². The molecule has 0 bridgehead atoms. The maximum atomic E-state index is 13.8. The van der Waals surface area contributed by atoms with E-state index in [1.807, 2.05) is 0 Å². The van der Waals surface area contributed by atoms with Crippen molar-refractivity contribution in [1.29, 1.82) is 0 Å². The van der Waals surface area contributed by atoms with Crippen LogP contribution in [-0.4, -0.2) is 6.29 Å². The first kappa shape index (κ1) is 15.0. The highest BCUT2D eigenvalue weighted by molar-refractivity contribution is 5.74. The van der Waals surface area contributed by atoms with Crippen LogP contribution in [0.15, 0.2) is 36.4 Å². The molecular weight excluding hydrogens is 295 g/mol. The summed E-state index contributed by atoms with van der Waals surface area (Å²) in [7, 11) is 0. The van der Waals surface area contributed by atoms with E-state index < -0.39 is 34.9 Å². The Morgan fingerprint density at radius 2 is 1.62 bits per heavy atom. The van der Waals surface area contributed by atoms with Crippen LogP contribution in [0.25, 0.3) is 0 Å². The third-order valence-corrected chi connectivity index (χ3v) is 2.58. The smallest absolute Gasteiger partial charge is 0.429 e. The first-order valence-electron chi connectivity index (χ1n) is 5.60. The number of ether oxygens (including phenoxy) is 1. The molecule has 21 heavy (non-hydrogen) atoms. The predicted molar refractivity (Wildman–Crippen MR) is 62.7 cm³/mol. The lowest BCUT2D eigenvalue weighted by atomic mass is 10.1.